The van der Waals surface area contributed by atoms with Crippen molar-refractivity contribution in [1.29, 1.82) is 0 Å². The van der Waals surface area contributed by atoms with E-state index in [9.17, 15) is 9.59 Å². The molecule has 0 radical (unpaired) electrons. The van der Waals surface area contributed by atoms with Crippen molar-refractivity contribution < 1.29 is 28.5 Å². The van der Waals surface area contributed by atoms with Crippen LogP contribution < -0.4 is 29.6 Å². The van der Waals surface area contributed by atoms with Gasteiger partial charge in [0.05, 0.1) is 32.5 Å². The summed E-state index contributed by atoms with van der Waals surface area (Å²) in [5.74, 6) is 1.30. The average molecular weight is 551 g/mol. The van der Waals surface area contributed by atoms with E-state index in [2.05, 4.69) is 31.4 Å². The van der Waals surface area contributed by atoms with E-state index >= 15 is 0 Å². The Balaban J connectivity index is 1.41. The van der Waals surface area contributed by atoms with Crippen molar-refractivity contribution >= 4 is 28.2 Å². The summed E-state index contributed by atoms with van der Waals surface area (Å²) in [6, 6.07) is 10.3. The zero-order valence-corrected chi connectivity index (χ0v) is 23.9. The molecule has 2 atom stereocenters. The van der Waals surface area contributed by atoms with Crippen molar-refractivity contribution in [3.63, 3.8) is 0 Å². The monoisotopic (exact) mass is 550 g/mol. The summed E-state index contributed by atoms with van der Waals surface area (Å²) in [5, 5.41) is 7.45. The van der Waals surface area contributed by atoms with Crippen LogP contribution in [-0.2, 0) is 12.8 Å². The molecule has 0 fully saturated rings. The van der Waals surface area contributed by atoms with Crippen molar-refractivity contribution in [2.75, 3.05) is 26.6 Å². The summed E-state index contributed by atoms with van der Waals surface area (Å²) in [4.78, 5) is 27.8. The van der Waals surface area contributed by atoms with Gasteiger partial charge in [0.15, 0.2) is 11.5 Å². The molecule has 0 spiro atoms. The molecule has 2 aromatic carbocycles. The van der Waals surface area contributed by atoms with E-state index in [0.717, 1.165) is 29.8 Å². The fourth-order valence-corrected chi connectivity index (χ4v) is 6.72. The number of anilines is 1. The maximum Gasteiger partial charge on any atom is 0.343 e. The summed E-state index contributed by atoms with van der Waals surface area (Å²) < 4.78 is 21.9. The summed E-state index contributed by atoms with van der Waals surface area (Å²) in [5.41, 5.74) is 3.03. The van der Waals surface area contributed by atoms with Gasteiger partial charge >= 0.3 is 5.97 Å². The third kappa shape index (κ3) is 5.03. The molecule has 0 bridgehead atoms. The minimum atomic E-state index is -0.593. The van der Waals surface area contributed by atoms with E-state index in [1.165, 1.54) is 31.8 Å². The lowest BCUT2D eigenvalue weighted by Gasteiger charge is -2.34. The van der Waals surface area contributed by atoms with Crippen LogP contribution in [0.5, 0.6) is 23.0 Å². The Hall–Kier alpha value is -3.72. The molecular formula is C30H34N2O6S. The minimum absolute atomic E-state index is 0.105. The van der Waals surface area contributed by atoms with Gasteiger partial charge < -0.3 is 29.6 Å². The highest BCUT2D eigenvalue weighted by molar-refractivity contribution is 7.16. The first-order chi connectivity index (χ1) is 18.6. The predicted octanol–water partition coefficient (Wildman–Crippen LogP) is 6.00. The molecule has 5 rings (SSSR count). The number of para-hydroxylation sites is 1. The van der Waals surface area contributed by atoms with Gasteiger partial charge in [0.25, 0.3) is 5.91 Å². The Kier molecular flexibility index (Phi) is 7.20. The van der Waals surface area contributed by atoms with E-state index < -0.39 is 12.1 Å². The quantitative estimate of drug-likeness (QED) is 0.287. The van der Waals surface area contributed by atoms with E-state index in [4.69, 9.17) is 18.9 Å². The summed E-state index contributed by atoms with van der Waals surface area (Å²) in [6.45, 7) is 6.86. The molecule has 2 unspecified atom stereocenters. The van der Waals surface area contributed by atoms with Gasteiger partial charge in [-0.2, -0.15) is 0 Å². The van der Waals surface area contributed by atoms with Crippen LogP contribution in [0.25, 0.3) is 0 Å². The van der Waals surface area contributed by atoms with Gasteiger partial charge in [0, 0.05) is 10.4 Å². The van der Waals surface area contributed by atoms with Gasteiger partial charge in [-0.3, -0.25) is 4.79 Å². The molecule has 1 aliphatic carbocycles. The Labute approximate surface area is 232 Å². The Morgan fingerprint density at radius 3 is 2.31 bits per heavy atom. The predicted molar refractivity (Wildman–Crippen MR) is 151 cm³/mol. The van der Waals surface area contributed by atoms with Crippen molar-refractivity contribution in [1.82, 2.24) is 5.32 Å². The number of carbonyl (C=O) groups is 2. The van der Waals surface area contributed by atoms with Crippen molar-refractivity contribution in [3.05, 3.63) is 63.5 Å². The van der Waals surface area contributed by atoms with E-state index in [0.29, 0.717) is 34.5 Å². The molecule has 2 aliphatic rings. The first kappa shape index (κ1) is 26.9. The van der Waals surface area contributed by atoms with Crippen LogP contribution in [-0.4, -0.2) is 33.2 Å². The van der Waals surface area contributed by atoms with Crippen molar-refractivity contribution in [2.45, 2.75) is 46.2 Å². The number of esters is 1. The standard InChI is InChI=1S/C30H34N2O6S/c1-30(2,3)17-11-12-19-23(15-17)39-28-24(19)27(33)31-26(32-28)18-9-7-8-10-20(18)38-29(34)16-13-21(35-4)25(37-6)22(14-16)36-5/h7-10,13-14,17,26,32H,11-12,15H2,1-6H3,(H,31,33). The van der Waals surface area contributed by atoms with Gasteiger partial charge in [-0.05, 0) is 54.4 Å². The molecule has 2 heterocycles. The third-order valence-corrected chi connectivity index (χ3v) is 8.79. The van der Waals surface area contributed by atoms with Crippen molar-refractivity contribution in [3.8, 4) is 23.0 Å². The number of rotatable bonds is 6. The Bertz CT molecular complexity index is 1400. The zero-order chi connectivity index (χ0) is 27.9. The van der Waals surface area contributed by atoms with Crippen LogP contribution in [0, 0.1) is 11.3 Å². The van der Waals surface area contributed by atoms with E-state index in [-0.39, 0.29) is 16.9 Å². The number of methoxy groups -OCH3 is 3. The summed E-state index contributed by atoms with van der Waals surface area (Å²) in [6.07, 6.45) is 2.42. The lowest BCUT2D eigenvalue weighted by atomic mass is 9.72. The highest BCUT2D eigenvalue weighted by atomic mass is 32.1. The lowest BCUT2D eigenvalue weighted by Crippen LogP contribution is -2.38. The second kappa shape index (κ2) is 10.4. The molecule has 1 amide bonds. The summed E-state index contributed by atoms with van der Waals surface area (Å²) >= 11 is 1.67. The van der Waals surface area contributed by atoms with Crippen LogP contribution >= 0.6 is 11.3 Å². The number of carbonyl (C=O) groups excluding carboxylic acids is 2. The van der Waals surface area contributed by atoms with Crippen LogP contribution in [0.1, 0.15) is 70.1 Å². The number of benzene rings is 2. The van der Waals surface area contributed by atoms with E-state index in [1.54, 1.807) is 35.6 Å². The first-order valence-corrected chi connectivity index (χ1v) is 13.8. The Morgan fingerprint density at radius 2 is 1.67 bits per heavy atom. The van der Waals surface area contributed by atoms with Crippen LogP contribution in [0.2, 0.25) is 0 Å². The maximum atomic E-state index is 13.3. The van der Waals surface area contributed by atoms with Crippen LogP contribution in [0.3, 0.4) is 0 Å². The number of hydrogen-bond donors (Lipinski definition) is 2. The largest absolute Gasteiger partial charge is 0.493 e. The minimum Gasteiger partial charge on any atom is -0.493 e. The molecule has 8 nitrogen and oxygen atoms in total. The number of fused-ring (bicyclic) bond motifs is 3. The van der Waals surface area contributed by atoms with Gasteiger partial charge in [-0.1, -0.05) is 39.0 Å². The van der Waals surface area contributed by atoms with Gasteiger partial charge in [-0.15, -0.1) is 11.3 Å². The highest BCUT2D eigenvalue weighted by Crippen LogP contribution is 2.46. The molecule has 1 aromatic heterocycles. The normalized spacial score (nSPS) is 18.3. The van der Waals surface area contributed by atoms with Gasteiger partial charge in [-0.25, -0.2) is 4.79 Å². The molecule has 9 heteroatoms. The molecule has 39 heavy (non-hydrogen) atoms. The summed E-state index contributed by atoms with van der Waals surface area (Å²) in [7, 11) is 4.47. The van der Waals surface area contributed by atoms with Crippen LogP contribution in [0.15, 0.2) is 36.4 Å². The Morgan fingerprint density at radius 1 is 0.974 bits per heavy atom. The number of thiophene rings is 1. The molecule has 3 aromatic rings. The van der Waals surface area contributed by atoms with Gasteiger partial charge in [0.2, 0.25) is 5.75 Å². The molecule has 1 aliphatic heterocycles. The fraction of sp³-hybridized carbons (Fsp3) is 0.400. The highest BCUT2D eigenvalue weighted by Gasteiger charge is 2.37. The molecule has 206 valence electrons. The van der Waals surface area contributed by atoms with Crippen molar-refractivity contribution in [2.24, 2.45) is 11.3 Å². The smallest absolute Gasteiger partial charge is 0.343 e. The number of hydrogen-bond acceptors (Lipinski definition) is 8. The number of amides is 1. The second-order valence-corrected chi connectivity index (χ2v) is 12.0. The van der Waals surface area contributed by atoms with E-state index in [1.807, 2.05) is 12.1 Å². The maximum absolute atomic E-state index is 13.3. The molecular weight excluding hydrogens is 516 g/mol. The fourth-order valence-electron chi connectivity index (χ4n) is 5.36. The van der Waals surface area contributed by atoms with Gasteiger partial charge in [0.1, 0.15) is 16.9 Å². The zero-order valence-electron chi connectivity index (χ0n) is 23.1. The SMILES string of the molecule is COc1cc(C(=O)Oc2ccccc2C2NC(=O)c3c(sc4c3CCC(C(C)(C)C)C4)N2)cc(OC)c1OC. The topological polar surface area (TPSA) is 95.1 Å². The molecule has 2 N–H and O–H groups in total. The number of ether oxygens (including phenoxy) is 4. The lowest BCUT2D eigenvalue weighted by molar-refractivity contribution is 0.0731. The van der Waals surface area contributed by atoms with Crippen LogP contribution in [0.4, 0.5) is 5.00 Å². The first-order valence-electron chi connectivity index (χ1n) is 13.0. The molecule has 0 saturated carbocycles. The third-order valence-electron chi connectivity index (χ3n) is 7.60. The number of nitrogens with one attached hydrogen (secondary N) is 2. The average Bonchev–Trinajstić information content (AvgIpc) is 3.30. The second-order valence-electron chi connectivity index (χ2n) is 10.9. The molecule has 0 saturated heterocycles.